The van der Waals surface area contributed by atoms with Gasteiger partial charge in [0.1, 0.15) is 17.2 Å². The monoisotopic (exact) mass is 650 g/mol. The van der Waals surface area contributed by atoms with Crippen LogP contribution < -0.4 is 31.9 Å². The zero-order valence-corrected chi connectivity index (χ0v) is 25.6. The van der Waals surface area contributed by atoms with Gasteiger partial charge in [0.25, 0.3) is 0 Å². The van der Waals surface area contributed by atoms with E-state index in [1.165, 1.54) is 18.2 Å². The average Bonchev–Trinajstić information content (AvgIpc) is 3.02. The molecule has 0 heterocycles. The highest BCUT2D eigenvalue weighted by molar-refractivity contribution is 7.54. The Morgan fingerprint density at radius 1 is 0.432 bits per heavy atom. The standard InChI is InChI=1S/C31H25O10P3/c32-42(36-25-12-4-1-5-13-25)38-29-19-10-18-28(22-29)35-24-44(34,40-27-16-8-3-9-17-27)41-31-21-11-20-30(23-31)39-43(33)37-26-14-6-2-7-15-26/h1-23H,24H2/q+2. The van der Waals surface area contributed by atoms with Crippen molar-refractivity contribution < 1.29 is 45.6 Å². The summed E-state index contributed by atoms with van der Waals surface area (Å²) in [5, 5.41) is 0. The van der Waals surface area contributed by atoms with E-state index in [2.05, 4.69) is 0 Å². The van der Waals surface area contributed by atoms with Gasteiger partial charge in [0, 0.05) is 21.3 Å². The molecule has 0 saturated carbocycles. The van der Waals surface area contributed by atoms with E-state index in [0.717, 1.165) is 0 Å². The van der Waals surface area contributed by atoms with Gasteiger partial charge in [0.05, 0.1) is 0 Å². The van der Waals surface area contributed by atoms with Crippen LogP contribution in [-0.2, 0) is 13.7 Å². The lowest BCUT2D eigenvalue weighted by atomic mass is 10.3. The number of ether oxygens (including phenoxy) is 1. The van der Waals surface area contributed by atoms with Crippen molar-refractivity contribution in [1.82, 2.24) is 0 Å². The van der Waals surface area contributed by atoms with Crippen LogP contribution in [0.2, 0.25) is 0 Å². The summed E-state index contributed by atoms with van der Waals surface area (Å²) in [5.74, 6) is 1.78. The molecule has 5 aromatic rings. The van der Waals surface area contributed by atoms with Gasteiger partial charge in [0.2, 0.25) is 6.35 Å². The summed E-state index contributed by atoms with van der Waals surface area (Å²) in [6.07, 6.45) is -0.505. The van der Waals surface area contributed by atoms with Crippen molar-refractivity contribution in [2.45, 2.75) is 0 Å². The minimum atomic E-state index is -4.03. The maximum Gasteiger partial charge on any atom is 0.805 e. The van der Waals surface area contributed by atoms with Crippen LogP contribution in [0.25, 0.3) is 0 Å². The van der Waals surface area contributed by atoms with Crippen LogP contribution in [-0.4, -0.2) is 6.35 Å². The SMILES string of the molecule is O=[P+](Oc1ccccc1)Oc1cccc(OCP(=O)(Oc2ccccc2)Oc2cccc(O[P+](=O)Oc3ccccc3)c2)c1. The van der Waals surface area contributed by atoms with Crippen molar-refractivity contribution in [2.24, 2.45) is 0 Å². The molecule has 0 bridgehead atoms. The highest BCUT2D eigenvalue weighted by Gasteiger charge is 2.31. The first kappa shape index (κ1) is 30.6. The molecule has 0 amide bonds. The van der Waals surface area contributed by atoms with E-state index in [-0.39, 0.29) is 23.0 Å². The van der Waals surface area contributed by atoms with Crippen molar-refractivity contribution in [3.63, 3.8) is 0 Å². The Morgan fingerprint density at radius 3 is 1.32 bits per heavy atom. The second-order valence-electron chi connectivity index (χ2n) is 8.77. The molecule has 0 aliphatic rings. The van der Waals surface area contributed by atoms with Crippen LogP contribution in [0.5, 0.6) is 40.2 Å². The minimum absolute atomic E-state index is 0.112. The van der Waals surface area contributed by atoms with E-state index < -0.39 is 30.5 Å². The maximum atomic E-state index is 14.0. The number of hydrogen-bond acceptors (Lipinski definition) is 10. The van der Waals surface area contributed by atoms with E-state index in [4.69, 9.17) is 31.9 Å². The quantitative estimate of drug-likeness (QED) is 0.101. The number of hydrogen-bond donors (Lipinski definition) is 0. The molecular weight excluding hydrogens is 625 g/mol. The van der Waals surface area contributed by atoms with Gasteiger partial charge in [0.15, 0.2) is 23.0 Å². The Bertz CT molecular complexity index is 1740. The van der Waals surface area contributed by atoms with Gasteiger partial charge in [-0.15, -0.1) is 0 Å². The molecule has 0 aromatic heterocycles. The average molecular weight is 650 g/mol. The molecule has 0 aliphatic heterocycles. The Hall–Kier alpha value is -4.87. The fraction of sp³-hybridized carbons (Fsp3) is 0.0323. The van der Waals surface area contributed by atoms with Crippen LogP contribution >= 0.6 is 24.1 Å². The number of benzene rings is 5. The normalized spacial score (nSPS) is 12.5. The first-order valence-electron chi connectivity index (χ1n) is 13.1. The van der Waals surface area contributed by atoms with Crippen molar-refractivity contribution in [1.29, 1.82) is 0 Å². The van der Waals surface area contributed by atoms with Crippen molar-refractivity contribution in [2.75, 3.05) is 6.35 Å². The van der Waals surface area contributed by atoms with Gasteiger partial charge in [-0.1, -0.05) is 66.7 Å². The van der Waals surface area contributed by atoms with Crippen LogP contribution in [0.15, 0.2) is 140 Å². The molecule has 0 fully saturated rings. The van der Waals surface area contributed by atoms with E-state index in [0.29, 0.717) is 17.2 Å². The smallest absolute Gasteiger partial charge is 0.478 e. The van der Waals surface area contributed by atoms with Gasteiger partial charge in [-0.25, -0.2) is 22.7 Å². The number of para-hydroxylation sites is 3. The molecule has 0 aliphatic carbocycles. The Labute approximate surface area is 255 Å². The molecule has 3 atom stereocenters. The van der Waals surface area contributed by atoms with Gasteiger partial charge >= 0.3 is 24.1 Å². The predicted octanol–water partition coefficient (Wildman–Crippen LogP) is 9.60. The van der Waals surface area contributed by atoms with E-state index in [9.17, 15) is 13.7 Å². The lowest BCUT2D eigenvalue weighted by Gasteiger charge is -2.20. The van der Waals surface area contributed by atoms with Crippen molar-refractivity contribution >= 4 is 24.1 Å². The predicted molar refractivity (Wildman–Crippen MR) is 164 cm³/mol. The van der Waals surface area contributed by atoms with Gasteiger partial charge in [-0.05, 0) is 60.7 Å². The summed E-state index contributed by atoms with van der Waals surface area (Å²) in [4.78, 5) is 0. The molecule has 13 heteroatoms. The second kappa shape index (κ2) is 15.0. The zero-order valence-electron chi connectivity index (χ0n) is 22.9. The third kappa shape index (κ3) is 9.58. The molecule has 222 valence electrons. The molecule has 3 unspecified atom stereocenters. The molecule has 0 spiro atoms. The van der Waals surface area contributed by atoms with Crippen molar-refractivity contribution in [3.05, 3.63) is 140 Å². The van der Waals surface area contributed by atoms with Gasteiger partial charge in [-0.3, -0.25) is 0 Å². The molecule has 5 rings (SSSR count). The van der Waals surface area contributed by atoms with Crippen LogP contribution in [0.1, 0.15) is 0 Å². The summed E-state index contributed by atoms with van der Waals surface area (Å²) in [6.45, 7) is 0. The summed E-state index contributed by atoms with van der Waals surface area (Å²) in [5.41, 5.74) is 0. The highest BCUT2D eigenvalue weighted by Crippen LogP contribution is 2.49. The molecule has 44 heavy (non-hydrogen) atoms. The Balaban J connectivity index is 1.26. The van der Waals surface area contributed by atoms with Crippen LogP contribution in [0.4, 0.5) is 0 Å². The Morgan fingerprint density at radius 2 is 0.795 bits per heavy atom. The summed E-state index contributed by atoms with van der Waals surface area (Å²) < 4.78 is 77.5. The van der Waals surface area contributed by atoms with Gasteiger partial charge in [-0.2, -0.15) is 0 Å². The molecule has 10 nitrogen and oxygen atoms in total. The molecule has 0 saturated heterocycles. The topological polar surface area (TPSA) is 116 Å². The zero-order chi connectivity index (χ0) is 30.6. The molecular formula is C31H25O10P3+2. The minimum Gasteiger partial charge on any atom is -0.478 e. The summed E-state index contributed by atoms with van der Waals surface area (Å²) >= 11 is 0. The fourth-order valence-corrected chi connectivity index (χ4v) is 6.14. The largest absolute Gasteiger partial charge is 0.805 e. The van der Waals surface area contributed by atoms with Crippen molar-refractivity contribution in [3.8, 4) is 40.2 Å². The van der Waals surface area contributed by atoms with Crippen LogP contribution in [0.3, 0.4) is 0 Å². The maximum absolute atomic E-state index is 14.0. The summed E-state index contributed by atoms with van der Waals surface area (Å²) in [7, 11) is -9.10. The Kier molecular flexibility index (Phi) is 10.5. The molecule has 0 N–H and O–H groups in total. The van der Waals surface area contributed by atoms with E-state index >= 15 is 0 Å². The second-order valence-corrected chi connectivity index (χ2v) is 12.2. The fourth-order valence-electron chi connectivity index (χ4n) is 3.58. The van der Waals surface area contributed by atoms with Crippen LogP contribution in [0, 0.1) is 0 Å². The molecule has 0 radical (unpaired) electrons. The van der Waals surface area contributed by atoms with E-state index in [1.54, 1.807) is 121 Å². The van der Waals surface area contributed by atoms with Gasteiger partial charge < -0.3 is 13.8 Å². The lowest BCUT2D eigenvalue weighted by Crippen LogP contribution is -2.10. The lowest BCUT2D eigenvalue weighted by molar-refractivity contribution is 0.309. The first-order valence-corrected chi connectivity index (χ1v) is 17.0. The first-order chi connectivity index (χ1) is 21.4. The molecule has 5 aromatic carbocycles. The third-order valence-corrected chi connectivity index (χ3v) is 8.30. The van der Waals surface area contributed by atoms with E-state index in [1.807, 2.05) is 0 Å². The third-order valence-electron chi connectivity index (χ3n) is 5.44. The summed E-state index contributed by atoms with van der Waals surface area (Å²) in [6, 6.07) is 38.0. The number of rotatable bonds is 15. The highest BCUT2D eigenvalue weighted by atomic mass is 31.2.